The van der Waals surface area contributed by atoms with E-state index in [9.17, 15) is 14.0 Å². The maximum atomic E-state index is 14.2. The molecule has 0 radical (unpaired) electrons. The number of hydrogen-bond donors (Lipinski definition) is 0. The first-order chi connectivity index (χ1) is 14.6. The lowest BCUT2D eigenvalue weighted by Gasteiger charge is -2.28. The average Bonchev–Trinajstić information content (AvgIpc) is 3.40. The number of carbonyl (C=O) groups excluding carboxylic acids is 2. The van der Waals surface area contributed by atoms with Gasteiger partial charge in [-0.3, -0.25) is 9.59 Å². The van der Waals surface area contributed by atoms with E-state index in [4.69, 9.17) is 9.47 Å². The number of fused-ring (bicyclic) bond motifs is 1. The van der Waals surface area contributed by atoms with Crippen molar-refractivity contribution in [3.05, 3.63) is 53.8 Å². The third kappa shape index (κ3) is 3.28. The molecular formula is C23H23FN2O4. The molecule has 0 bridgehead atoms. The van der Waals surface area contributed by atoms with Crippen LogP contribution in [0.5, 0.6) is 11.5 Å². The third-order valence-corrected chi connectivity index (χ3v) is 6.10. The van der Waals surface area contributed by atoms with Crippen LogP contribution in [0.1, 0.15) is 30.9 Å². The van der Waals surface area contributed by atoms with Crippen molar-refractivity contribution in [2.45, 2.75) is 25.3 Å². The van der Waals surface area contributed by atoms with Crippen molar-refractivity contribution in [3.8, 4) is 11.5 Å². The van der Waals surface area contributed by atoms with E-state index in [0.717, 1.165) is 24.2 Å². The topological polar surface area (TPSA) is 59.1 Å². The van der Waals surface area contributed by atoms with Crippen LogP contribution in [0.2, 0.25) is 0 Å². The molecule has 2 unspecified atom stereocenters. The minimum absolute atomic E-state index is 0.0421. The Hall–Kier alpha value is -3.09. The molecule has 0 aliphatic carbocycles. The predicted octanol–water partition coefficient (Wildman–Crippen LogP) is 3.31. The zero-order valence-corrected chi connectivity index (χ0v) is 16.6. The molecule has 3 aliphatic rings. The van der Waals surface area contributed by atoms with Crippen LogP contribution < -0.4 is 14.4 Å². The first kappa shape index (κ1) is 18.9. The highest BCUT2D eigenvalue weighted by Gasteiger charge is 2.41. The summed E-state index contributed by atoms with van der Waals surface area (Å²) >= 11 is 0. The minimum atomic E-state index is -0.463. The Labute approximate surface area is 174 Å². The van der Waals surface area contributed by atoms with E-state index in [1.165, 1.54) is 11.0 Å². The second kappa shape index (κ2) is 7.63. The molecule has 2 saturated heterocycles. The van der Waals surface area contributed by atoms with Crippen molar-refractivity contribution >= 4 is 17.5 Å². The third-order valence-electron chi connectivity index (χ3n) is 6.10. The van der Waals surface area contributed by atoms with Crippen LogP contribution in [0.3, 0.4) is 0 Å². The Bertz CT molecular complexity index is 995. The van der Waals surface area contributed by atoms with Crippen molar-refractivity contribution in [2.24, 2.45) is 5.92 Å². The maximum absolute atomic E-state index is 14.2. The molecule has 5 rings (SSSR count). The van der Waals surface area contributed by atoms with Crippen molar-refractivity contribution in [1.29, 1.82) is 0 Å². The molecule has 0 saturated carbocycles. The lowest BCUT2D eigenvalue weighted by atomic mass is 10.0. The van der Waals surface area contributed by atoms with Gasteiger partial charge in [0.25, 0.3) is 0 Å². The molecule has 3 aliphatic heterocycles. The van der Waals surface area contributed by atoms with Gasteiger partial charge < -0.3 is 19.3 Å². The van der Waals surface area contributed by atoms with Crippen LogP contribution in [0, 0.1) is 11.7 Å². The molecule has 2 aromatic rings. The summed E-state index contributed by atoms with van der Waals surface area (Å²) in [5.41, 5.74) is 1.25. The number of halogens is 1. The van der Waals surface area contributed by atoms with Gasteiger partial charge in [0, 0.05) is 19.5 Å². The van der Waals surface area contributed by atoms with E-state index < -0.39 is 11.7 Å². The number of ether oxygens (including phenoxy) is 2. The predicted molar refractivity (Wildman–Crippen MR) is 108 cm³/mol. The van der Waals surface area contributed by atoms with Crippen molar-refractivity contribution in [2.75, 3.05) is 31.2 Å². The Morgan fingerprint density at radius 2 is 1.87 bits per heavy atom. The van der Waals surface area contributed by atoms with Crippen LogP contribution in [-0.4, -0.2) is 43.0 Å². The van der Waals surface area contributed by atoms with Crippen LogP contribution in [0.25, 0.3) is 0 Å². The molecule has 6 nitrogen and oxygen atoms in total. The fraction of sp³-hybridized carbons (Fsp3) is 0.391. The summed E-state index contributed by atoms with van der Waals surface area (Å²) in [6.45, 7) is 1.92. The van der Waals surface area contributed by atoms with E-state index in [0.29, 0.717) is 25.5 Å². The fourth-order valence-electron chi connectivity index (χ4n) is 4.66. The Kier molecular flexibility index (Phi) is 4.81. The van der Waals surface area contributed by atoms with Gasteiger partial charge in [-0.15, -0.1) is 0 Å². The van der Waals surface area contributed by atoms with Crippen LogP contribution >= 0.6 is 0 Å². The summed E-state index contributed by atoms with van der Waals surface area (Å²) in [5, 5.41) is 0. The molecule has 0 aromatic heterocycles. The van der Waals surface area contributed by atoms with Gasteiger partial charge in [-0.05, 0) is 42.7 Å². The van der Waals surface area contributed by atoms with Crippen molar-refractivity contribution in [3.63, 3.8) is 0 Å². The van der Waals surface area contributed by atoms with Gasteiger partial charge in [0.05, 0.1) is 17.6 Å². The zero-order valence-electron chi connectivity index (χ0n) is 16.6. The quantitative estimate of drug-likeness (QED) is 0.779. The monoisotopic (exact) mass is 410 g/mol. The summed E-state index contributed by atoms with van der Waals surface area (Å²) in [4.78, 5) is 29.1. The summed E-state index contributed by atoms with van der Waals surface area (Å²) in [7, 11) is 0. The minimum Gasteiger partial charge on any atom is -0.486 e. The number of nitrogens with zero attached hydrogens (tertiary/aromatic N) is 2. The van der Waals surface area contributed by atoms with Gasteiger partial charge in [-0.1, -0.05) is 18.2 Å². The van der Waals surface area contributed by atoms with Gasteiger partial charge in [0.2, 0.25) is 11.8 Å². The SMILES string of the molecule is O=C1CC(C(=O)N2CCCC2c2ccc3c(c2)OCCO3)CN1c1ccccc1F. The van der Waals surface area contributed by atoms with E-state index in [2.05, 4.69) is 0 Å². The molecule has 2 fully saturated rings. The molecule has 2 amide bonds. The summed E-state index contributed by atoms with van der Waals surface area (Å²) in [6, 6.07) is 12.0. The van der Waals surface area contributed by atoms with Gasteiger partial charge in [0.15, 0.2) is 11.5 Å². The largest absolute Gasteiger partial charge is 0.486 e. The second-order valence-electron chi connectivity index (χ2n) is 7.95. The number of rotatable bonds is 3. The first-order valence-corrected chi connectivity index (χ1v) is 10.4. The number of benzene rings is 2. The number of likely N-dealkylation sites (tertiary alicyclic amines) is 1. The number of amides is 2. The van der Waals surface area contributed by atoms with Crippen LogP contribution in [0.4, 0.5) is 10.1 Å². The number of hydrogen-bond acceptors (Lipinski definition) is 4. The van der Waals surface area contributed by atoms with Gasteiger partial charge in [-0.25, -0.2) is 4.39 Å². The molecule has 7 heteroatoms. The van der Waals surface area contributed by atoms with Gasteiger partial charge >= 0.3 is 0 Å². The lowest BCUT2D eigenvalue weighted by Crippen LogP contribution is -2.37. The van der Waals surface area contributed by atoms with E-state index in [-0.39, 0.29) is 36.5 Å². The Balaban J connectivity index is 1.34. The Morgan fingerprint density at radius 1 is 1.07 bits per heavy atom. The highest BCUT2D eigenvalue weighted by atomic mass is 19.1. The molecule has 3 heterocycles. The lowest BCUT2D eigenvalue weighted by molar-refractivity contribution is -0.136. The molecule has 30 heavy (non-hydrogen) atoms. The Morgan fingerprint density at radius 3 is 2.70 bits per heavy atom. The fourth-order valence-corrected chi connectivity index (χ4v) is 4.66. The molecule has 2 atom stereocenters. The van der Waals surface area contributed by atoms with Crippen LogP contribution in [-0.2, 0) is 9.59 Å². The molecule has 0 spiro atoms. The maximum Gasteiger partial charge on any atom is 0.228 e. The number of para-hydroxylation sites is 1. The van der Waals surface area contributed by atoms with Crippen molar-refractivity contribution in [1.82, 2.24) is 4.90 Å². The van der Waals surface area contributed by atoms with E-state index in [1.807, 2.05) is 23.1 Å². The first-order valence-electron chi connectivity index (χ1n) is 10.4. The van der Waals surface area contributed by atoms with Gasteiger partial charge in [0.1, 0.15) is 19.0 Å². The summed E-state index contributed by atoms with van der Waals surface area (Å²) in [6.07, 6.45) is 1.88. The van der Waals surface area contributed by atoms with E-state index in [1.54, 1.807) is 18.2 Å². The second-order valence-corrected chi connectivity index (χ2v) is 7.95. The smallest absolute Gasteiger partial charge is 0.228 e. The average molecular weight is 410 g/mol. The van der Waals surface area contributed by atoms with Crippen molar-refractivity contribution < 1.29 is 23.5 Å². The zero-order chi connectivity index (χ0) is 20.7. The molecule has 0 N–H and O–H groups in total. The normalized spacial score (nSPS) is 23.2. The molecule has 156 valence electrons. The van der Waals surface area contributed by atoms with E-state index >= 15 is 0 Å². The molecular weight excluding hydrogens is 387 g/mol. The standard InChI is InChI=1S/C23H23FN2O4/c24-17-4-1-2-5-19(17)26-14-16(13-22(26)27)23(28)25-9-3-6-18(25)15-7-8-20-21(12-15)30-11-10-29-20/h1-2,4-5,7-8,12,16,18H,3,6,9-11,13-14H2. The number of carbonyl (C=O) groups is 2. The van der Waals surface area contributed by atoms with Crippen LogP contribution in [0.15, 0.2) is 42.5 Å². The molecule has 2 aromatic carbocycles. The van der Waals surface area contributed by atoms with Gasteiger partial charge in [-0.2, -0.15) is 0 Å². The summed E-state index contributed by atoms with van der Waals surface area (Å²) < 4.78 is 25.4. The highest BCUT2D eigenvalue weighted by Crippen LogP contribution is 2.39. The number of anilines is 1. The summed E-state index contributed by atoms with van der Waals surface area (Å²) in [5.74, 6) is 0.264. The highest BCUT2D eigenvalue weighted by molar-refractivity contribution is 6.00.